The van der Waals surface area contributed by atoms with Crippen molar-refractivity contribution in [3.63, 3.8) is 0 Å². The third kappa shape index (κ3) is 5.44. The quantitative estimate of drug-likeness (QED) is 0.842. The molecule has 0 aliphatic rings. The van der Waals surface area contributed by atoms with Crippen LogP contribution in [0.1, 0.15) is 44.0 Å². The molecule has 2 aromatic carbocycles. The highest BCUT2D eigenvalue weighted by atomic mass is 32.2. The van der Waals surface area contributed by atoms with Gasteiger partial charge in [0, 0.05) is 0 Å². The van der Waals surface area contributed by atoms with E-state index in [1.807, 2.05) is 81.4 Å². The lowest BCUT2D eigenvalue weighted by Gasteiger charge is -2.27. The zero-order valence-corrected chi connectivity index (χ0v) is 15.3. The highest BCUT2D eigenvalue weighted by Gasteiger charge is 2.29. The maximum atomic E-state index is 12.6. The molecule has 0 aliphatic heterocycles. The summed E-state index contributed by atoms with van der Waals surface area (Å²) in [5, 5.41) is 0. The normalized spacial score (nSPS) is 15.0. The molecule has 0 saturated heterocycles. The van der Waals surface area contributed by atoms with Crippen molar-refractivity contribution in [1.29, 1.82) is 0 Å². The Morgan fingerprint density at radius 3 is 1.83 bits per heavy atom. The molecular weight excluding hydrogens is 320 g/mol. The lowest BCUT2D eigenvalue weighted by Crippen LogP contribution is -2.39. The van der Waals surface area contributed by atoms with Crippen LogP contribution in [0.4, 0.5) is 0 Å². The summed E-state index contributed by atoms with van der Waals surface area (Å²) in [6.45, 7) is 5.71. The van der Waals surface area contributed by atoms with Crippen molar-refractivity contribution in [2.75, 3.05) is 5.75 Å². The fraction of sp³-hybridized carbons (Fsp3) is 0.368. The zero-order valence-electron chi connectivity index (χ0n) is 14.4. The Kier molecular flexibility index (Phi) is 5.80. The van der Waals surface area contributed by atoms with E-state index in [0.29, 0.717) is 0 Å². The van der Waals surface area contributed by atoms with E-state index >= 15 is 0 Å². The molecule has 0 fully saturated rings. The van der Waals surface area contributed by atoms with Gasteiger partial charge in [-0.05, 0) is 16.5 Å². The molecule has 2 unspecified atom stereocenters. The first-order chi connectivity index (χ1) is 11.2. The van der Waals surface area contributed by atoms with E-state index in [0.717, 1.165) is 11.1 Å². The first-order valence-corrected chi connectivity index (χ1v) is 9.69. The highest BCUT2D eigenvalue weighted by molar-refractivity contribution is 7.89. The van der Waals surface area contributed by atoms with Gasteiger partial charge in [-0.25, -0.2) is 13.1 Å². The number of rotatable bonds is 6. The van der Waals surface area contributed by atoms with E-state index < -0.39 is 22.1 Å². The van der Waals surface area contributed by atoms with Gasteiger partial charge in [-0.3, -0.25) is 0 Å². The summed E-state index contributed by atoms with van der Waals surface area (Å²) in [5.74, 6) is 0.0465. The SMILES string of the molecule is CC(C)(C)CS(=O)(=O)NC(c1ccccc1)C(N)c1ccccc1. The summed E-state index contributed by atoms with van der Waals surface area (Å²) in [4.78, 5) is 0. The smallest absolute Gasteiger partial charge is 0.212 e. The summed E-state index contributed by atoms with van der Waals surface area (Å²) >= 11 is 0. The number of nitrogens with one attached hydrogen (secondary N) is 1. The molecule has 3 N–H and O–H groups in total. The van der Waals surface area contributed by atoms with Gasteiger partial charge in [-0.2, -0.15) is 0 Å². The van der Waals surface area contributed by atoms with Crippen molar-refractivity contribution >= 4 is 10.0 Å². The average Bonchev–Trinajstić information content (AvgIpc) is 2.51. The molecular formula is C19H26N2O2S. The number of nitrogens with two attached hydrogens (primary N) is 1. The standard InChI is InChI=1S/C19H26N2O2S/c1-19(2,3)14-24(22,23)21-18(16-12-8-5-9-13-16)17(20)15-10-6-4-7-11-15/h4-13,17-18,21H,14,20H2,1-3H3. The monoisotopic (exact) mass is 346 g/mol. The van der Waals surface area contributed by atoms with E-state index in [9.17, 15) is 8.42 Å². The number of hydrogen-bond acceptors (Lipinski definition) is 3. The second-order valence-corrected chi connectivity index (χ2v) is 9.02. The fourth-order valence-corrected chi connectivity index (χ4v) is 4.57. The van der Waals surface area contributed by atoms with Crippen LogP contribution < -0.4 is 10.5 Å². The Bertz CT molecular complexity index is 738. The Morgan fingerprint density at radius 2 is 1.38 bits per heavy atom. The maximum Gasteiger partial charge on any atom is 0.212 e. The third-order valence-corrected chi connectivity index (χ3v) is 5.49. The van der Waals surface area contributed by atoms with Gasteiger partial charge < -0.3 is 5.73 Å². The van der Waals surface area contributed by atoms with Crippen LogP contribution in [0.15, 0.2) is 60.7 Å². The minimum atomic E-state index is -3.47. The zero-order chi connectivity index (χ0) is 17.8. The Labute approximate surface area is 145 Å². The summed E-state index contributed by atoms with van der Waals surface area (Å²) in [5.41, 5.74) is 7.83. The molecule has 0 heterocycles. The van der Waals surface area contributed by atoms with Gasteiger partial charge in [0.25, 0.3) is 0 Å². The van der Waals surface area contributed by atoms with Crippen LogP contribution in [0.25, 0.3) is 0 Å². The first kappa shape index (κ1) is 18.6. The van der Waals surface area contributed by atoms with E-state index in [-0.39, 0.29) is 11.2 Å². The number of sulfonamides is 1. The minimum Gasteiger partial charge on any atom is -0.322 e. The van der Waals surface area contributed by atoms with Crippen molar-refractivity contribution in [3.05, 3.63) is 71.8 Å². The van der Waals surface area contributed by atoms with E-state index in [2.05, 4.69) is 4.72 Å². The molecule has 0 radical (unpaired) electrons. The Morgan fingerprint density at radius 1 is 0.917 bits per heavy atom. The van der Waals surface area contributed by atoms with Gasteiger partial charge in [0.15, 0.2) is 0 Å². The van der Waals surface area contributed by atoms with Gasteiger partial charge in [0.05, 0.1) is 17.8 Å². The Hall–Kier alpha value is -1.69. The molecule has 2 atom stereocenters. The molecule has 0 saturated carbocycles. The van der Waals surface area contributed by atoms with Crippen molar-refractivity contribution in [3.8, 4) is 0 Å². The topological polar surface area (TPSA) is 72.2 Å². The maximum absolute atomic E-state index is 12.6. The van der Waals surface area contributed by atoms with Crippen LogP contribution in [0.3, 0.4) is 0 Å². The molecule has 0 amide bonds. The molecule has 0 bridgehead atoms. The molecule has 130 valence electrons. The third-order valence-electron chi connectivity index (χ3n) is 3.63. The van der Waals surface area contributed by atoms with Crippen LogP contribution in [-0.4, -0.2) is 14.2 Å². The molecule has 5 heteroatoms. The molecule has 2 rings (SSSR count). The van der Waals surface area contributed by atoms with Crippen molar-refractivity contribution < 1.29 is 8.42 Å². The lowest BCUT2D eigenvalue weighted by atomic mass is 9.95. The van der Waals surface area contributed by atoms with Crippen molar-refractivity contribution in [2.24, 2.45) is 11.1 Å². The predicted octanol–water partition coefficient (Wildman–Crippen LogP) is 3.39. The average molecular weight is 346 g/mol. The van der Waals surface area contributed by atoms with Gasteiger partial charge in [0.2, 0.25) is 10.0 Å². The number of hydrogen-bond donors (Lipinski definition) is 2. The summed E-state index contributed by atoms with van der Waals surface area (Å²) in [6.07, 6.45) is 0. The van der Waals surface area contributed by atoms with Gasteiger partial charge in [0.1, 0.15) is 0 Å². The molecule has 24 heavy (non-hydrogen) atoms. The van der Waals surface area contributed by atoms with Crippen LogP contribution >= 0.6 is 0 Å². The molecule has 0 aromatic heterocycles. The largest absolute Gasteiger partial charge is 0.322 e. The number of benzene rings is 2. The van der Waals surface area contributed by atoms with Crippen molar-refractivity contribution in [1.82, 2.24) is 4.72 Å². The van der Waals surface area contributed by atoms with E-state index in [1.54, 1.807) is 0 Å². The molecule has 0 aliphatic carbocycles. The Balaban J connectivity index is 2.34. The van der Waals surface area contributed by atoms with Crippen LogP contribution in [0, 0.1) is 5.41 Å². The summed E-state index contributed by atoms with van der Waals surface area (Å²) in [7, 11) is -3.47. The van der Waals surface area contributed by atoms with Crippen LogP contribution in [0.5, 0.6) is 0 Å². The van der Waals surface area contributed by atoms with Crippen LogP contribution in [0.2, 0.25) is 0 Å². The van der Waals surface area contributed by atoms with Crippen molar-refractivity contribution in [2.45, 2.75) is 32.9 Å². The second-order valence-electron chi connectivity index (χ2n) is 7.26. The lowest BCUT2D eigenvalue weighted by molar-refractivity contribution is 0.446. The van der Waals surface area contributed by atoms with E-state index in [1.165, 1.54) is 0 Å². The summed E-state index contributed by atoms with van der Waals surface area (Å²) in [6, 6.07) is 18.0. The minimum absolute atomic E-state index is 0.0465. The predicted molar refractivity (Wildman–Crippen MR) is 98.9 cm³/mol. The van der Waals surface area contributed by atoms with Gasteiger partial charge in [-0.15, -0.1) is 0 Å². The molecule has 2 aromatic rings. The van der Waals surface area contributed by atoms with Crippen LogP contribution in [-0.2, 0) is 10.0 Å². The molecule has 4 nitrogen and oxygen atoms in total. The summed E-state index contributed by atoms with van der Waals surface area (Å²) < 4.78 is 28.0. The highest BCUT2D eigenvalue weighted by Crippen LogP contribution is 2.28. The van der Waals surface area contributed by atoms with Gasteiger partial charge in [-0.1, -0.05) is 81.4 Å². The molecule has 0 spiro atoms. The first-order valence-electron chi connectivity index (χ1n) is 8.03. The van der Waals surface area contributed by atoms with Gasteiger partial charge >= 0.3 is 0 Å². The fourth-order valence-electron chi connectivity index (χ4n) is 2.68. The van der Waals surface area contributed by atoms with E-state index in [4.69, 9.17) is 5.73 Å². The second kappa shape index (κ2) is 7.47.